The van der Waals surface area contributed by atoms with Gasteiger partial charge in [-0.05, 0) is 36.6 Å². The van der Waals surface area contributed by atoms with Gasteiger partial charge in [-0.1, -0.05) is 51.3 Å². The zero-order valence-corrected chi connectivity index (χ0v) is 11.0. The summed E-state index contributed by atoms with van der Waals surface area (Å²) in [5.74, 6) is 0. The van der Waals surface area contributed by atoms with Crippen molar-refractivity contribution in [2.45, 2.75) is 13.3 Å². The Bertz CT molecular complexity index is 345. The van der Waals surface area contributed by atoms with Crippen LogP contribution in [0.5, 0.6) is 0 Å². The van der Waals surface area contributed by atoms with Gasteiger partial charge < -0.3 is 0 Å². The summed E-state index contributed by atoms with van der Waals surface area (Å²) in [5.41, 5.74) is 2.35. The lowest BCUT2D eigenvalue weighted by molar-refractivity contribution is 1.26. The number of benzene rings is 1. The van der Waals surface area contributed by atoms with Crippen LogP contribution in [0.4, 0.5) is 0 Å². The first-order valence-electron chi connectivity index (χ1n) is 4.33. The molecule has 0 fully saturated rings. The van der Waals surface area contributed by atoms with Gasteiger partial charge in [0.15, 0.2) is 0 Å². The molecule has 0 radical (unpaired) electrons. The quantitative estimate of drug-likeness (QED) is 0.674. The lowest BCUT2D eigenvalue weighted by atomic mass is 10.1. The molecule has 0 N–H and O–H groups in total. The van der Waals surface area contributed by atoms with E-state index >= 15 is 0 Å². The molecule has 76 valence electrons. The van der Waals surface area contributed by atoms with Crippen molar-refractivity contribution >= 4 is 44.7 Å². The number of hydrogen-bond acceptors (Lipinski definition) is 0. The van der Waals surface area contributed by atoms with Crippen molar-refractivity contribution in [3.63, 3.8) is 0 Å². The molecule has 0 aliphatic carbocycles. The minimum Gasteiger partial charge on any atom is -0.0925 e. The van der Waals surface area contributed by atoms with Gasteiger partial charge in [0, 0.05) is 5.33 Å². The topological polar surface area (TPSA) is 0 Å². The summed E-state index contributed by atoms with van der Waals surface area (Å²) in [7, 11) is 0. The third-order valence-electron chi connectivity index (χ3n) is 1.93. The summed E-state index contributed by atoms with van der Waals surface area (Å²) >= 11 is 15.1. The highest BCUT2D eigenvalue weighted by Crippen LogP contribution is 2.26. The van der Waals surface area contributed by atoms with Gasteiger partial charge in [0.25, 0.3) is 0 Å². The van der Waals surface area contributed by atoms with E-state index in [2.05, 4.69) is 28.9 Å². The van der Waals surface area contributed by atoms with Crippen LogP contribution >= 0.6 is 39.1 Å². The van der Waals surface area contributed by atoms with E-state index in [0.29, 0.717) is 10.0 Å². The van der Waals surface area contributed by atoms with Crippen LogP contribution in [0.15, 0.2) is 24.3 Å². The molecule has 0 aliphatic heterocycles. The van der Waals surface area contributed by atoms with Gasteiger partial charge in [-0.3, -0.25) is 0 Å². The lowest BCUT2D eigenvalue weighted by Gasteiger charge is -2.03. The van der Waals surface area contributed by atoms with E-state index in [-0.39, 0.29) is 0 Å². The molecule has 0 nitrogen and oxygen atoms in total. The number of allylic oxidation sites excluding steroid dienone is 2. The Kier molecular flexibility index (Phi) is 5.00. The summed E-state index contributed by atoms with van der Waals surface area (Å²) < 4.78 is 0. The molecule has 0 unspecified atom stereocenters. The summed E-state index contributed by atoms with van der Waals surface area (Å²) in [6, 6.07) is 5.70. The summed E-state index contributed by atoms with van der Waals surface area (Å²) in [6.45, 7) is 2.07. The molecule has 0 saturated carbocycles. The Morgan fingerprint density at radius 2 is 2.07 bits per heavy atom. The number of hydrogen-bond donors (Lipinski definition) is 0. The first-order chi connectivity index (χ1) is 6.65. The van der Waals surface area contributed by atoms with Crippen molar-refractivity contribution in [2.75, 3.05) is 5.33 Å². The van der Waals surface area contributed by atoms with E-state index in [1.54, 1.807) is 0 Å². The third kappa shape index (κ3) is 3.30. The Hall–Kier alpha value is 0.0200. The second kappa shape index (κ2) is 5.79. The van der Waals surface area contributed by atoms with E-state index in [9.17, 15) is 0 Å². The summed E-state index contributed by atoms with van der Waals surface area (Å²) in [5, 5.41) is 2.19. The Morgan fingerprint density at radius 1 is 1.36 bits per heavy atom. The van der Waals surface area contributed by atoms with Crippen molar-refractivity contribution in [1.29, 1.82) is 0 Å². The standard InChI is InChI=1S/C11H11BrCl2/c1-8(3-2-6-12)9-4-5-10(13)11(14)7-9/h3-5,7H,2,6H2,1H3. The van der Waals surface area contributed by atoms with E-state index in [1.165, 1.54) is 5.57 Å². The molecule has 0 aromatic heterocycles. The van der Waals surface area contributed by atoms with Gasteiger partial charge in [-0.25, -0.2) is 0 Å². The van der Waals surface area contributed by atoms with Crippen LogP contribution in [0, 0.1) is 0 Å². The second-order valence-corrected chi connectivity index (χ2v) is 4.60. The highest BCUT2D eigenvalue weighted by molar-refractivity contribution is 9.09. The van der Waals surface area contributed by atoms with Crippen LogP contribution in [0.1, 0.15) is 18.9 Å². The third-order valence-corrected chi connectivity index (χ3v) is 3.13. The first-order valence-corrected chi connectivity index (χ1v) is 6.21. The zero-order valence-electron chi connectivity index (χ0n) is 7.86. The molecule has 1 aromatic rings. The van der Waals surface area contributed by atoms with Gasteiger partial charge in [0.2, 0.25) is 0 Å². The molecular weight excluding hydrogens is 283 g/mol. The molecule has 0 amide bonds. The fraction of sp³-hybridized carbons (Fsp3) is 0.273. The van der Waals surface area contributed by atoms with Crippen molar-refractivity contribution in [3.05, 3.63) is 39.9 Å². The Balaban J connectivity index is 2.91. The Labute approximate surface area is 103 Å². The van der Waals surface area contributed by atoms with Crippen LogP contribution in [0.25, 0.3) is 5.57 Å². The smallest absolute Gasteiger partial charge is 0.0598 e. The predicted molar refractivity (Wildman–Crippen MR) is 68.5 cm³/mol. The highest BCUT2D eigenvalue weighted by Gasteiger charge is 2.00. The summed E-state index contributed by atoms with van der Waals surface area (Å²) in [4.78, 5) is 0. The van der Waals surface area contributed by atoms with E-state index < -0.39 is 0 Å². The maximum absolute atomic E-state index is 5.92. The average Bonchev–Trinajstić information content (AvgIpc) is 2.18. The average molecular weight is 294 g/mol. The van der Waals surface area contributed by atoms with Crippen molar-refractivity contribution < 1.29 is 0 Å². The monoisotopic (exact) mass is 292 g/mol. The second-order valence-electron chi connectivity index (χ2n) is 2.99. The molecule has 0 heterocycles. The molecule has 0 spiro atoms. The molecule has 0 atom stereocenters. The van der Waals surface area contributed by atoms with E-state index in [4.69, 9.17) is 23.2 Å². The SMILES string of the molecule is CC(=CCCBr)c1ccc(Cl)c(Cl)c1. The van der Waals surface area contributed by atoms with Crippen LogP contribution < -0.4 is 0 Å². The molecule has 0 aliphatic rings. The van der Waals surface area contributed by atoms with Gasteiger partial charge in [-0.2, -0.15) is 0 Å². The van der Waals surface area contributed by atoms with Crippen molar-refractivity contribution in [3.8, 4) is 0 Å². The molecule has 3 heteroatoms. The van der Waals surface area contributed by atoms with Crippen molar-refractivity contribution in [1.82, 2.24) is 0 Å². The van der Waals surface area contributed by atoms with Crippen LogP contribution in [-0.4, -0.2) is 5.33 Å². The van der Waals surface area contributed by atoms with E-state index in [1.807, 2.05) is 18.2 Å². The normalized spacial score (nSPS) is 11.9. The van der Waals surface area contributed by atoms with Crippen LogP contribution in [-0.2, 0) is 0 Å². The van der Waals surface area contributed by atoms with E-state index in [0.717, 1.165) is 17.3 Å². The lowest BCUT2D eigenvalue weighted by Crippen LogP contribution is -1.81. The minimum atomic E-state index is 0.601. The first kappa shape index (κ1) is 12.1. The predicted octanol–water partition coefficient (Wildman–Crippen LogP) is 5.18. The van der Waals surface area contributed by atoms with Gasteiger partial charge in [0.05, 0.1) is 10.0 Å². The Morgan fingerprint density at radius 3 is 2.64 bits per heavy atom. The maximum atomic E-state index is 5.92. The molecular formula is C11H11BrCl2. The molecule has 0 saturated heterocycles. The molecule has 1 rings (SSSR count). The number of halogens is 3. The van der Waals surface area contributed by atoms with Gasteiger partial charge in [-0.15, -0.1) is 0 Å². The number of rotatable bonds is 3. The summed E-state index contributed by atoms with van der Waals surface area (Å²) in [6.07, 6.45) is 3.19. The van der Waals surface area contributed by atoms with Crippen LogP contribution in [0.2, 0.25) is 10.0 Å². The molecule has 14 heavy (non-hydrogen) atoms. The molecule has 1 aromatic carbocycles. The fourth-order valence-electron chi connectivity index (χ4n) is 1.13. The minimum absolute atomic E-state index is 0.601. The zero-order chi connectivity index (χ0) is 10.6. The highest BCUT2D eigenvalue weighted by atomic mass is 79.9. The van der Waals surface area contributed by atoms with Crippen LogP contribution in [0.3, 0.4) is 0 Å². The largest absolute Gasteiger partial charge is 0.0925 e. The van der Waals surface area contributed by atoms with Gasteiger partial charge >= 0.3 is 0 Å². The fourth-order valence-corrected chi connectivity index (χ4v) is 1.66. The van der Waals surface area contributed by atoms with Gasteiger partial charge in [0.1, 0.15) is 0 Å². The number of alkyl halides is 1. The maximum Gasteiger partial charge on any atom is 0.0598 e. The van der Waals surface area contributed by atoms with Crippen molar-refractivity contribution in [2.24, 2.45) is 0 Å². The molecule has 0 bridgehead atoms.